The zero-order valence-corrected chi connectivity index (χ0v) is 11.9. The highest BCUT2D eigenvalue weighted by molar-refractivity contribution is 7.89. The van der Waals surface area contributed by atoms with Gasteiger partial charge in [-0.05, 0) is 13.8 Å². The van der Waals surface area contributed by atoms with Crippen LogP contribution in [0.5, 0.6) is 6.01 Å². The minimum Gasteiger partial charge on any atom is -0.342 e. The van der Waals surface area contributed by atoms with Crippen LogP contribution in [0.3, 0.4) is 0 Å². The molecule has 1 aromatic rings. The molecule has 0 fully saturated rings. The predicted octanol–water partition coefficient (Wildman–Crippen LogP) is -1.16. The Morgan fingerprint density at radius 2 is 1.83 bits per heavy atom. The van der Waals surface area contributed by atoms with E-state index in [0.29, 0.717) is 0 Å². The summed E-state index contributed by atoms with van der Waals surface area (Å²) in [5.74, 6) is 0. The van der Waals surface area contributed by atoms with E-state index in [4.69, 9.17) is 0 Å². The summed E-state index contributed by atoms with van der Waals surface area (Å²) in [5.41, 5.74) is 0. The molecule has 0 radical (unpaired) electrons. The van der Waals surface area contributed by atoms with Crippen molar-refractivity contribution >= 4 is 20.1 Å². The van der Waals surface area contributed by atoms with Gasteiger partial charge < -0.3 is 4.18 Å². The lowest BCUT2D eigenvalue weighted by Crippen LogP contribution is -2.32. The molecule has 0 aliphatic rings. The molecule has 0 saturated carbocycles. The third-order valence-electron chi connectivity index (χ3n) is 1.56. The van der Waals surface area contributed by atoms with E-state index in [2.05, 4.69) is 19.0 Å². The van der Waals surface area contributed by atoms with Crippen LogP contribution in [0.1, 0.15) is 13.8 Å². The monoisotopic (exact) mass is 298 g/mol. The molecule has 0 bridgehead atoms. The molecule has 11 heteroatoms. The Bertz CT molecular complexity index is 631. The van der Waals surface area contributed by atoms with Crippen molar-refractivity contribution in [3.63, 3.8) is 0 Å². The number of hydrogen-bond donors (Lipinski definition) is 1. The van der Waals surface area contributed by atoms with Crippen LogP contribution in [0.2, 0.25) is 0 Å². The first-order valence-electron chi connectivity index (χ1n) is 4.84. The van der Waals surface area contributed by atoms with E-state index in [1.54, 1.807) is 13.8 Å². The van der Waals surface area contributed by atoms with Crippen molar-refractivity contribution in [1.82, 2.24) is 19.5 Å². The molecule has 0 aliphatic heterocycles. The van der Waals surface area contributed by atoms with Crippen molar-refractivity contribution < 1.29 is 21.0 Å². The quantitative estimate of drug-likeness (QED) is 0.681. The maximum atomic E-state index is 11.8. The highest BCUT2D eigenvalue weighted by Crippen LogP contribution is 2.11. The third kappa shape index (κ3) is 3.92. The van der Waals surface area contributed by atoms with Crippen LogP contribution in [-0.4, -0.2) is 43.9 Å². The van der Waals surface area contributed by atoms with Crippen LogP contribution in [0.25, 0.3) is 0 Å². The van der Waals surface area contributed by atoms with Crippen molar-refractivity contribution in [3.05, 3.63) is 0 Å². The summed E-state index contributed by atoms with van der Waals surface area (Å²) >= 11 is 0. The van der Waals surface area contributed by atoms with Gasteiger partial charge in [-0.15, -0.1) is 5.10 Å². The Balaban J connectivity index is 3.13. The molecule has 1 aromatic heterocycles. The number of aryl methyl sites for hydroxylation is 1. The van der Waals surface area contributed by atoms with E-state index >= 15 is 0 Å². The summed E-state index contributed by atoms with van der Waals surface area (Å²) < 4.78 is 53.0. The standard InChI is InChI=1S/C7H14N4O5S2/c1-5(2)10-18(14,15)7-8-6(9-11(7)3)16-17(4,12)13/h5,10H,1-4H3. The summed E-state index contributed by atoms with van der Waals surface area (Å²) in [6.45, 7) is 3.28. The van der Waals surface area contributed by atoms with Crippen LogP contribution in [0, 0.1) is 0 Å². The van der Waals surface area contributed by atoms with E-state index < -0.39 is 31.3 Å². The smallest absolute Gasteiger partial charge is 0.342 e. The first-order valence-corrected chi connectivity index (χ1v) is 8.14. The second kappa shape index (κ2) is 4.82. The Hall–Kier alpha value is -1.20. The topological polar surface area (TPSA) is 120 Å². The van der Waals surface area contributed by atoms with Crippen molar-refractivity contribution in [2.75, 3.05) is 6.26 Å². The Kier molecular flexibility index (Phi) is 3.98. The van der Waals surface area contributed by atoms with Gasteiger partial charge in [0.15, 0.2) is 0 Å². The molecule has 0 aliphatic carbocycles. The molecular weight excluding hydrogens is 284 g/mol. The fourth-order valence-corrected chi connectivity index (χ4v) is 2.77. The van der Waals surface area contributed by atoms with Gasteiger partial charge in [0, 0.05) is 13.1 Å². The number of nitrogens with zero attached hydrogens (tertiary/aromatic N) is 3. The molecule has 1 rings (SSSR count). The minimum atomic E-state index is -3.86. The van der Waals surface area contributed by atoms with Gasteiger partial charge in [0.25, 0.3) is 15.2 Å². The lowest BCUT2D eigenvalue weighted by Gasteiger charge is -2.07. The molecule has 9 nitrogen and oxygen atoms in total. The maximum Gasteiger partial charge on any atom is 0.352 e. The average molecular weight is 298 g/mol. The first-order chi connectivity index (χ1) is 8.01. The lowest BCUT2D eigenvalue weighted by molar-refractivity contribution is 0.468. The molecule has 1 heterocycles. The van der Waals surface area contributed by atoms with Crippen LogP contribution in [0.15, 0.2) is 5.16 Å². The zero-order valence-electron chi connectivity index (χ0n) is 10.3. The molecule has 0 amide bonds. The minimum absolute atomic E-state index is 0.328. The van der Waals surface area contributed by atoms with Gasteiger partial charge in [0.05, 0.1) is 6.26 Å². The molecule has 0 aromatic carbocycles. The number of sulfonamides is 1. The lowest BCUT2D eigenvalue weighted by atomic mass is 10.4. The van der Waals surface area contributed by atoms with Crippen LogP contribution in [-0.2, 0) is 27.2 Å². The van der Waals surface area contributed by atoms with Gasteiger partial charge in [0.2, 0.25) is 0 Å². The molecule has 1 N–H and O–H groups in total. The number of nitrogens with one attached hydrogen (secondary N) is 1. The first kappa shape index (κ1) is 14.9. The van der Waals surface area contributed by atoms with E-state index in [-0.39, 0.29) is 6.04 Å². The summed E-state index contributed by atoms with van der Waals surface area (Å²) in [5, 5.41) is 3.13. The summed E-state index contributed by atoms with van der Waals surface area (Å²) in [6, 6.07) is -0.866. The van der Waals surface area contributed by atoms with Crippen LogP contribution < -0.4 is 8.91 Å². The van der Waals surface area contributed by atoms with E-state index in [0.717, 1.165) is 10.9 Å². The van der Waals surface area contributed by atoms with Gasteiger partial charge in [-0.3, -0.25) is 0 Å². The van der Waals surface area contributed by atoms with Gasteiger partial charge in [-0.25, -0.2) is 17.8 Å². The second-order valence-electron chi connectivity index (χ2n) is 3.86. The fourth-order valence-electron chi connectivity index (χ4n) is 1.12. The molecule has 104 valence electrons. The molecule has 0 atom stereocenters. The summed E-state index contributed by atoms with van der Waals surface area (Å²) in [4.78, 5) is 3.52. The molecule has 18 heavy (non-hydrogen) atoms. The van der Waals surface area contributed by atoms with Gasteiger partial charge in [-0.2, -0.15) is 13.4 Å². The number of aromatic nitrogens is 3. The number of hydrogen-bond acceptors (Lipinski definition) is 7. The van der Waals surface area contributed by atoms with E-state index in [1.807, 2.05) is 0 Å². The highest BCUT2D eigenvalue weighted by Gasteiger charge is 2.24. The van der Waals surface area contributed by atoms with Crippen LogP contribution in [0.4, 0.5) is 0 Å². The van der Waals surface area contributed by atoms with Crippen molar-refractivity contribution in [2.45, 2.75) is 25.0 Å². The van der Waals surface area contributed by atoms with Gasteiger partial charge >= 0.3 is 16.1 Å². The van der Waals surface area contributed by atoms with Gasteiger partial charge in [-0.1, -0.05) is 0 Å². The predicted molar refractivity (Wildman–Crippen MR) is 61.9 cm³/mol. The SMILES string of the molecule is CC(C)NS(=O)(=O)c1nc(OS(C)(=O)=O)nn1C. The van der Waals surface area contributed by atoms with Crippen molar-refractivity contribution in [2.24, 2.45) is 7.05 Å². The third-order valence-corrected chi connectivity index (χ3v) is 3.63. The van der Waals surface area contributed by atoms with E-state index in [9.17, 15) is 16.8 Å². The Morgan fingerprint density at radius 1 is 1.28 bits per heavy atom. The molecule has 0 saturated heterocycles. The maximum absolute atomic E-state index is 11.8. The highest BCUT2D eigenvalue weighted by atomic mass is 32.2. The van der Waals surface area contributed by atoms with Crippen LogP contribution >= 0.6 is 0 Å². The fraction of sp³-hybridized carbons (Fsp3) is 0.714. The average Bonchev–Trinajstić information content (AvgIpc) is 2.41. The zero-order chi connectivity index (χ0) is 14.1. The summed E-state index contributed by atoms with van der Waals surface area (Å²) in [7, 11) is -6.35. The normalized spacial score (nSPS) is 12.9. The Morgan fingerprint density at radius 3 is 2.28 bits per heavy atom. The van der Waals surface area contributed by atoms with Crippen molar-refractivity contribution in [1.29, 1.82) is 0 Å². The van der Waals surface area contributed by atoms with Gasteiger partial charge in [0.1, 0.15) is 0 Å². The molecular formula is C7H14N4O5S2. The Labute approximate surface area is 105 Å². The molecule has 0 spiro atoms. The number of rotatable bonds is 5. The summed E-state index contributed by atoms with van der Waals surface area (Å²) in [6.07, 6.45) is 0.809. The second-order valence-corrected chi connectivity index (χ2v) is 7.05. The van der Waals surface area contributed by atoms with E-state index in [1.165, 1.54) is 7.05 Å². The molecule has 0 unspecified atom stereocenters. The largest absolute Gasteiger partial charge is 0.352 e. The van der Waals surface area contributed by atoms with Crippen molar-refractivity contribution in [3.8, 4) is 6.01 Å².